The van der Waals surface area contributed by atoms with E-state index in [9.17, 15) is 4.79 Å². The van der Waals surface area contributed by atoms with Crippen LogP contribution in [0.15, 0.2) is 53.6 Å². The number of benzene rings is 2. The molecule has 0 fully saturated rings. The molecule has 2 aromatic rings. The van der Waals surface area contributed by atoms with Gasteiger partial charge in [0, 0.05) is 17.1 Å². The average Bonchev–Trinajstić information content (AvgIpc) is 2.38. The van der Waals surface area contributed by atoms with Crippen molar-refractivity contribution in [2.75, 3.05) is 11.6 Å². The second kappa shape index (κ2) is 5.74. The molecule has 0 heterocycles. The van der Waals surface area contributed by atoms with Gasteiger partial charge < -0.3 is 5.32 Å². The number of rotatable bonds is 4. The number of allylic oxidation sites excluding steroid dienone is 1. The Morgan fingerprint density at radius 2 is 1.89 bits per heavy atom. The summed E-state index contributed by atoms with van der Waals surface area (Å²) < 4.78 is 0. The molecule has 3 heteroatoms. The van der Waals surface area contributed by atoms with Crippen LogP contribution in [0.1, 0.15) is 6.92 Å². The van der Waals surface area contributed by atoms with E-state index in [0.29, 0.717) is 0 Å². The maximum absolute atomic E-state index is 11.1. The number of carbonyl (C=O) groups is 1. The smallest absolute Gasteiger partial charge is 0.155 e. The molecule has 0 unspecified atom stereocenters. The van der Waals surface area contributed by atoms with Crippen molar-refractivity contribution in [2.24, 2.45) is 0 Å². The molecule has 0 saturated heterocycles. The van der Waals surface area contributed by atoms with Gasteiger partial charge in [0.05, 0.1) is 5.03 Å². The molecule has 92 valence electrons. The molecule has 0 atom stereocenters. The van der Waals surface area contributed by atoms with Crippen LogP contribution in [0, 0.1) is 0 Å². The predicted octanol–water partition coefficient (Wildman–Crippen LogP) is 4.05. The van der Waals surface area contributed by atoms with Gasteiger partial charge in [-0.2, -0.15) is 0 Å². The number of fused-ring (bicyclic) bond motifs is 1. The summed E-state index contributed by atoms with van der Waals surface area (Å²) in [6, 6.07) is 14.3. The lowest BCUT2D eigenvalue weighted by Crippen LogP contribution is -1.98. The Labute approximate surface area is 111 Å². The fourth-order valence-corrected chi connectivity index (χ4v) is 2.29. The molecule has 0 aliphatic heterocycles. The molecule has 0 amide bonds. The first kappa shape index (κ1) is 12.7. The van der Waals surface area contributed by atoms with Gasteiger partial charge >= 0.3 is 0 Å². The first-order chi connectivity index (χ1) is 8.70. The highest BCUT2D eigenvalue weighted by molar-refractivity contribution is 8.02. The molecule has 2 nitrogen and oxygen atoms in total. The SMILES string of the molecule is CS/C(=C/C(C)=O)Nc1cccc2ccccc12. The number of thioether (sulfide) groups is 1. The van der Waals surface area contributed by atoms with Gasteiger partial charge in [0.1, 0.15) is 0 Å². The molecule has 1 N–H and O–H groups in total. The molecule has 0 aliphatic rings. The van der Waals surface area contributed by atoms with Crippen molar-refractivity contribution < 1.29 is 4.79 Å². The highest BCUT2D eigenvalue weighted by Crippen LogP contribution is 2.26. The minimum Gasteiger partial charge on any atom is -0.350 e. The maximum Gasteiger partial charge on any atom is 0.155 e. The van der Waals surface area contributed by atoms with E-state index in [4.69, 9.17) is 0 Å². The van der Waals surface area contributed by atoms with Crippen molar-refractivity contribution in [3.63, 3.8) is 0 Å². The quantitative estimate of drug-likeness (QED) is 0.838. The van der Waals surface area contributed by atoms with Crippen molar-refractivity contribution in [3.8, 4) is 0 Å². The molecule has 0 spiro atoms. The van der Waals surface area contributed by atoms with Crippen molar-refractivity contribution in [3.05, 3.63) is 53.6 Å². The van der Waals surface area contributed by atoms with Crippen molar-refractivity contribution >= 4 is 34.0 Å². The Hall–Kier alpha value is -1.74. The molecule has 0 saturated carbocycles. The van der Waals surface area contributed by atoms with Crippen LogP contribution in [0.2, 0.25) is 0 Å². The summed E-state index contributed by atoms with van der Waals surface area (Å²) in [6.45, 7) is 1.56. The van der Waals surface area contributed by atoms with Crippen LogP contribution in [0.3, 0.4) is 0 Å². The second-order valence-electron chi connectivity index (χ2n) is 3.98. The summed E-state index contributed by atoms with van der Waals surface area (Å²) in [5.74, 6) is 0.0482. The van der Waals surface area contributed by atoms with Crippen molar-refractivity contribution in [2.45, 2.75) is 6.92 Å². The van der Waals surface area contributed by atoms with Gasteiger partial charge in [-0.3, -0.25) is 4.79 Å². The van der Waals surface area contributed by atoms with Crippen molar-refractivity contribution in [1.82, 2.24) is 0 Å². The van der Waals surface area contributed by atoms with Crippen LogP contribution in [0.5, 0.6) is 0 Å². The zero-order valence-electron chi connectivity index (χ0n) is 10.4. The predicted molar refractivity (Wildman–Crippen MR) is 79.8 cm³/mol. The molecule has 2 rings (SSSR count). The monoisotopic (exact) mass is 257 g/mol. The summed E-state index contributed by atoms with van der Waals surface area (Å²) in [6.07, 6.45) is 3.57. The van der Waals surface area contributed by atoms with Gasteiger partial charge in [0.2, 0.25) is 0 Å². The third-order valence-electron chi connectivity index (χ3n) is 2.60. The normalized spacial score (nSPS) is 11.6. The Morgan fingerprint density at radius 1 is 1.17 bits per heavy atom. The number of ketones is 1. The molecule has 0 radical (unpaired) electrons. The van der Waals surface area contributed by atoms with Gasteiger partial charge in [-0.1, -0.05) is 36.4 Å². The topological polar surface area (TPSA) is 29.1 Å². The standard InChI is InChI=1S/C15H15NOS/c1-11(17)10-15(18-2)16-14-9-5-7-12-6-3-4-8-13(12)14/h3-10,16H,1-2H3/b15-10+. The van der Waals surface area contributed by atoms with E-state index in [2.05, 4.69) is 23.5 Å². The highest BCUT2D eigenvalue weighted by Gasteiger charge is 2.02. The lowest BCUT2D eigenvalue weighted by molar-refractivity contribution is -0.112. The van der Waals surface area contributed by atoms with E-state index in [1.165, 1.54) is 17.1 Å². The van der Waals surface area contributed by atoms with Gasteiger partial charge in [-0.15, -0.1) is 11.8 Å². The Balaban J connectivity index is 2.40. The summed E-state index contributed by atoms with van der Waals surface area (Å²) in [5.41, 5.74) is 1.02. The molecular weight excluding hydrogens is 242 g/mol. The Morgan fingerprint density at radius 3 is 2.61 bits per heavy atom. The zero-order chi connectivity index (χ0) is 13.0. The van der Waals surface area contributed by atoms with E-state index in [0.717, 1.165) is 16.1 Å². The van der Waals surface area contributed by atoms with E-state index in [1.54, 1.807) is 13.0 Å². The number of hydrogen-bond donors (Lipinski definition) is 1. The first-order valence-electron chi connectivity index (χ1n) is 5.72. The number of hydrogen-bond acceptors (Lipinski definition) is 3. The Bertz CT molecular complexity index is 599. The molecule has 18 heavy (non-hydrogen) atoms. The minimum atomic E-state index is 0.0482. The lowest BCUT2D eigenvalue weighted by atomic mass is 10.1. The van der Waals surface area contributed by atoms with Gasteiger partial charge in [-0.05, 0) is 24.6 Å². The lowest BCUT2D eigenvalue weighted by Gasteiger charge is -2.11. The van der Waals surface area contributed by atoms with Crippen LogP contribution in [-0.2, 0) is 4.79 Å². The van der Waals surface area contributed by atoms with Gasteiger partial charge in [0.25, 0.3) is 0 Å². The van der Waals surface area contributed by atoms with Crippen LogP contribution in [0.25, 0.3) is 10.8 Å². The average molecular weight is 257 g/mol. The van der Waals surface area contributed by atoms with Gasteiger partial charge in [0.15, 0.2) is 5.78 Å². The summed E-state index contributed by atoms with van der Waals surface area (Å²) >= 11 is 1.53. The molecule has 0 aromatic heterocycles. The third kappa shape index (κ3) is 2.93. The van der Waals surface area contributed by atoms with E-state index in [-0.39, 0.29) is 5.78 Å². The number of carbonyl (C=O) groups excluding carboxylic acids is 1. The summed E-state index contributed by atoms with van der Waals surface area (Å²) in [4.78, 5) is 11.1. The number of anilines is 1. The molecule has 0 bridgehead atoms. The highest BCUT2D eigenvalue weighted by atomic mass is 32.2. The third-order valence-corrected chi connectivity index (χ3v) is 3.26. The van der Waals surface area contributed by atoms with E-state index >= 15 is 0 Å². The number of nitrogens with one attached hydrogen (secondary N) is 1. The second-order valence-corrected chi connectivity index (χ2v) is 4.82. The van der Waals surface area contributed by atoms with Crippen LogP contribution in [-0.4, -0.2) is 12.0 Å². The van der Waals surface area contributed by atoms with Crippen molar-refractivity contribution in [1.29, 1.82) is 0 Å². The van der Waals surface area contributed by atoms with E-state index < -0.39 is 0 Å². The fourth-order valence-electron chi connectivity index (χ4n) is 1.80. The van der Waals surface area contributed by atoms with Gasteiger partial charge in [-0.25, -0.2) is 0 Å². The largest absolute Gasteiger partial charge is 0.350 e. The van der Waals surface area contributed by atoms with Crippen LogP contribution < -0.4 is 5.32 Å². The molecular formula is C15H15NOS. The first-order valence-corrected chi connectivity index (χ1v) is 6.94. The zero-order valence-corrected chi connectivity index (χ0v) is 11.3. The maximum atomic E-state index is 11.1. The Kier molecular flexibility index (Phi) is 4.05. The summed E-state index contributed by atoms with van der Waals surface area (Å²) in [5, 5.41) is 6.51. The molecule has 0 aliphatic carbocycles. The summed E-state index contributed by atoms with van der Waals surface area (Å²) in [7, 11) is 0. The van der Waals surface area contributed by atoms with E-state index in [1.807, 2.05) is 30.5 Å². The molecule has 2 aromatic carbocycles. The van der Waals surface area contributed by atoms with Crippen LogP contribution in [0.4, 0.5) is 5.69 Å². The van der Waals surface area contributed by atoms with Crippen LogP contribution >= 0.6 is 11.8 Å². The fraction of sp³-hybridized carbons (Fsp3) is 0.133. The minimum absolute atomic E-state index is 0.0482.